The highest BCUT2D eigenvalue weighted by Gasteiger charge is 2.28. The van der Waals surface area contributed by atoms with Gasteiger partial charge in [-0.1, -0.05) is 19.1 Å². The Morgan fingerprint density at radius 3 is 2.56 bits per heavy atom. The SMILES string of the molecule is CCc1cc(CC(=O)O)ccc1OCC(F)(F)F. The monoisotopic (exact) mass is 262 g/mol. The minimum atomic E-state index is -4.38. The second kappa shape index (κ2) is 5.75. The lowest BCUT2D eigenvalue weighted by atomic mass is 10.1. The molecule has 0 saturated carbocycles. The van der Waals surface area contributed by atoms with Gasteiger partial charge in [-0.25, -0.2) is 0 Å². The van der Waals surface area contributed by atoms with Crippen LogP contribution in [0.2, 0.25) is 0 Å². The number of aryl methyl sites for hydroxylation is 1. The van der Waals surface area contributed by atoms with Crippen molar-refractivity contribution in [2.75, 3.05) is 6.61 Å². The van der Waals surface area contributed by atoms with Crippen LogP contribution in [0.1, 0.15) is 18.1 Å². The molecule has 1 aromatic carbocycles. The average Bonchev–Trinajstić information content (AvgIpc) is 2.25. The third kappa shape index (κ3) is 4.65. The summed E-state index contributed by atoms with van der Waals surface area (Å²) in [5, 5.41) is 8.63. The van der Waals surface area contributed by atoms with Crippen molar-refractivity contribution in [3.63, 3.8) is 0 Å². The van der Waals surface area contributed by atoms with E-state index in [0.717, 1.165) is 0 Å². The van der Waals surface area contributed by atoms with Crippen molar-refractivity contribution in [3.8, 4) is 5.75 Å². The van der Waals surface area contributed by atoms with Gasteiger partial charge in [-0.2, -0.15) is 13.2 Å². The van der Waals surface area contributed by atoms with Gasteiger partial charge in [-0.05, 0) is 23.6 Å². The Hall–Kier alpha value is -1.72. The van der Waals surface area contributed by atoms with Gasteiger partial charge >= 0.3 is 12.1 Å². The van der Waals surface area contributed by atoms with Gasteiger partial charge in [0, 0.05) is 0 Å². The maximum absolute atomic E-state index is 12.0. The second-order valence-electron chi connectivity index (χ2n) is 3.77. The molecule has 18 heavy (non-hydrogen) atoms. The van der Waals surface area contributed by atoms with Crippen molar-refractivity contribution in [1.29, 1.82) is 0 Å². The Balaban J connectivity index is 2.83. The number of halogens is 3. The van der Waals surface area contributed by atoms with E-state index in [-0.39, 0.29) is 12.2 Å². The largest absolute Gasteiger partial charge is 0.484 e. The van der Waals surface area contributed by atoms with E-state index >= 15 is 0 Å². The predicted octanol–water partition coefficient (Wildman–Crippen LogP) is 2.82. The molecule has 0 aliphatic rings. The molecule has 0 bridgehead atoms. The molecule has 0 aromatic heterocycles. The summed E-state index contributed by atoms with van der Waals surface area (Å²) in [4.78, 5) is 10.5. The zero-order chi connectivity index (χ0) is 13.8. The fraction of sp³-hybridized carbons (Fsp3) is 0.417. The lowest BCUT2D eigenvalue weighted by molar-refractivity contribution is -0.153. The zero-order valence-electron chi connectivity index (χ0n) is 9.75. The number of benzene rings is 1. The van der Waals surface area contributed by atoms with E-state index in [2.05, 4.69) is 4.74 Å². The Labute approximate surface area is 102 Å². The molecule has 0 aliphatic carbocycles. The van der Waals surface area contributed by atoms with Gasteiger partial charge in [0.15, 0.2) is 6.61 Å². The van der Waals surface area contributed by atoms with Gasteiger partial charge in [0.25, 0.3) is 0 Å². The average molecular weight is 262 g/mol. The summed E-state index contributed by atoms with van der Waals surface area (Å²) >= 11 is 0. The van der Waals surface area contributed by atoms with E-state index in [1.54, 1.807) is 13.0 Å². The molecule has 1 rings (SSSR count). The molecule has 0 fully saturated rings. The zero-order valence-corrected chi connectivity index (χ0v) is 9.75. The summed E-state index contributed by atoms with van der Waals surface area (Å²) in [7, 11) is 0. The highest BCUT2D eigenvalue weighted by atomic mass is 19.4. The molecule has 3 nitrogen and oxygen atoms in total. The van der Waals surface area contributed by atoms with E-state index in [9.17, 15) is 18.0 Å². The summed E-state index contributed by atoms with van der Waals surface area (Å²) in [6, 6.07) is 4.39. The van der Waals surface area contributed by atoms with Crippen molar-refractivity contribution in [2.24, 2.45) is 0 Å². The van der Waals surface area contributed by atoms with Crippen LogP contribution in [0.5, 0.6) is 5.75 Å². The summed E-state index contributed by atoms with van der Waals surface area (Å²) < 4.78 is 40.8. The smallest absolute Gasteiger partial charge is 0.422 e. The number of ether oxygens (including phenoxy) is 1. The molecule has 0 amide bonds. The molecule has 0 saturated heterocycles. The first kappa shape index (κ1) is 14.3. The van der Waals surface area contributed by atoms with Gasteiger partial charge in [0.1, 0.15) is 5.75 Å². The van der Waals surface area contributed by atoms with Gasteiger partial charge < -0.3 is 9.84 Å². The van der Waals surface area contributed by atoms with Crippen molar-refractivity contribution >= 4 is 5.97 Å². The highest BCUT2D eigenvalue weighted by Crippen LogP contribution is 2.24. The Kier molecular flexibility index (Phi) is 4.58. The molecule has 0 heterocycles. The molecule has 0 atom stereocenters. The number of carboxylic acids is 1. The van der Waals surface area contributed by atoms with E-state index < -0.39 is 18.8 Å². The highest BCUT2D eigenvalue weighted by molar-refractivity contribution is 5.70. The molecule has 1 aromatic rings. The van der Waals surface area contributed by atoms with E-state index in [1.807, 2.05) is 0 Å². The number of carbonyl (C=O) groups is 1. The Morgan fingerprint density at radius 2 is 2.06 bits per heavy atom. The van der Waals surface area contributed by atoms with E-state index in [0.29, 0.717) is 17.5 Å². The molecular formula is C12H13F3O3. The number of rotatable bonds is 5. The summed E-state index contributed by atoms with van der Waals surface area (Å²) in [6.07, 6.45) is -4.07. The lowest BCUT2D eigenvalue weighted by Gasteiger charge is -2.13. The van der Waals surface area contributed by atoms with Gasteiger partial charge in [-0.3, -0.25) is 4.79 Å². The third-order valence-corrected chi connectivity index (χ3v) is 2.25. The molecular weight excluding hydrogens is 249 g/mol. The summed E-state index contributed by atoms with van der Waals surface area (Å²) in [5.74, 6) is -0.843. The quantitative estimate of drug-likeness (QED) is 0.887. The number of hydrogen-bond donors (Lipinski definition) is 1. The first-order valence-electron chi connectivity index (χ1n) is 5.35. The van der Waals surface area contributed by atoms with Crippen molar-refractivity contribution < 1.29 is 27.8 Å². The topological polar surface area (TPSA) is 46.5 Å². The maximum atomic E-state index is 12.0. The first-order chi connectivity index (χ1) is 8.31. The van der Waals surface area contributed by atoms with Crippen LogP contribution in [-0.2, 0) is 17.6 Å². The van der Waals surface area contributed by atoms with Crippen LogP contribution in [0.3, 0.4) is 0 Å². The molecule has 0 unspecified atom stereocenters. The first-order valence-corrected chi connectivity index (χ1v) is 5.35. The van der Waals surface area contributed by atoms with Gasteiger partial charge in [0.2, 0.25) is 0 Å². The van der Waals surface area contributed by atoms with Crippen LogP contribution >= 0.6 is 0 Å². The normalized spacial score (nSPS) is 11.3. The van der Waals surface area contributed by atoms with Gasteiger partial charge in [0.05, 0.1) is 6.42 Å². The van der Waals surface area contributed by atoms with Gasteiger partial charge in [-0.15, -0.1) is 0 Å². The Bertz CT molecular complexity index is 427. The summed E-state index contributed by atoms with van der Waals surface area (Å²) in [5.41, 5.74) is 1.11. The molecule has 0 radical (unpaired) electrons. The molecule has 1 N–H and O–H groups in total. The molecule has 100 valence electrons. The Morgan fingerprint density at radius 1 is 1.39 bits per heavy atom. The number of aliphatic carboxylic acids is 1. The fourth-order valence-corrected chi connectivity index (χ4v) is 1.49. The maximum Gasteiger partial charge on any atom is 0.422 e. The van der Waals surface area contributed by atoms with Crippen molar-refractivity contribution in [3.05, 3.63) is 29.3 Å². The van der Waals surface area contributed by atoms with Crippen LogP contribution in [0, 0.1) is 0 Å². The molecule has 0 spiro atoms. The van der Waals surface area contributed by atoms with E-state index in [4.69, 9.17) is 5.11 Å². The van der Waals surface area contributed by atoms with Crippen LogP contribution in [0.25, 0.3) is 0 Å². The fourth-order valence-electron chi connectivity index (χ4n) is 1.49. The summed E-state index contributed by atoms with van der Waals surface area (Å²) in [6.45, 7) is 0.415. The van der Waals surface area contributed by atoms with Crippen LogP contribution in [-0.4, -0.2) is 23.9 Å². The molecule has 6 heteroatoms. The van der Waals surface area contributed by atoms with E-state index in [1.165, 1.54) is 12.1 Å². The molecule has 0 aliphatic heterocycles. The number of alkyl halides is 3. The van der Waals surface area contributed by atoms with Crippen LogP contribution in [0.15, 0.2) is 18.2 Å². The predicted molar refractivity (Wildman–Crippen MR) is 58.7 cm³/mol. The standard InChI is InChI=1S/C12H13F3O3/c1-2-9-5-8(6-11(16)17)3-4-10(9)18-7-12(13,14)15/h3-5H,2,6-7H2,1H3,(H,16,17). The van der Waals surface area contributed by atoms with Crippen molar-refractivity contribution in [2.45, 2.75) is 25.9 Å². The van der Waals surface area contributed by atoms with Crippen LogP contribution < -0.4 is 4.74 Å². The van der Waals surface area contributed by atoms with Crippen molar-refractivity contribution in [1.82, 2.24) is 0 Å². The minimum Gasteiger partial charge on any atom is -0.484 e. The minimum absolute atomic E-state index is 0.143. The third-order valence-electron chi connectivity index (χ3n) is 2.25. The number of carboxylic acid groups (broad SMARTS) is 1. The second-order valence-corrected chi connectivity index (χ2v) is 3.77. The van der Waals surface area contributed by atoms with Crippen LogP contribution in [0.4, 0.5) is 13.2 Å². The number of hydrogen-bond acceptors (Lipinski definition) is 2. The lowest BCUT2D eigenvalue weighted by Crippen LogP contribution is -2.19.